The van der Waals surface area contributed by atoms with Crippen LogP contribution in [0.25, 0.3) is 16.7 Å². The van der Waals surface area contributed by atoms with E-state index in [1.807, 2.05) is 36.4 Å². The monoisotopic (exact) mass is 369 g/mol. The molecule has 134 valence electrons. The standard InChI is InChI=1S/C20H20FN3OS/c21-17-7-4-8-18-20(17)22-19(24(18)15-5-2-1-3-6-15)11-23-10-14-9-16(23)13-26(25)12-14/h1-8,14,16H,9-13H2. The molecule has 0 saturated carbocycles. The van der Waals surface area contributed by atoms with E-state index in [0.29, 0.717) is 24.0 Å². The third-order valence-electron chi connectivity index (χ3n) is 5.48. The highest BCUT2D eigenvalue weighted by atomic mass is 32.2. The zero-order valence-corrected chi connectivity index (χ0v) is 15.2. The molecule has 0 aliphatic carbocycles. The van der Waals surface area contributed by atoms with Crippen LogP contribution in [0.5, 0.6) is 0 Å². The van der Waals surface area contributed by atoms with Gasteiger partial charge in [0, 0.05) is 40.6 Å². The number of para-hydroxylation sites is 2. The maximum Gasteiger partial charge on any atom is 0.151 e. The number of fused-ring (bicyclic) bond motifs is 3. The Bertz CT molecular complexity index is 987. The molecule has 26 heavy (non-hydrogen) atoms. The predicted molar refractivity (Wildman–Crippen MR) is 101 cm³/mol. The van der Waals surface area contributed by atoms with Gasteiger partial charge in [-0.25, -0.2) is 9.37 Å². The predicted octanol–water partition coefficient (Wildman–Crippen LogP) is 3.12. The Morgan fingerprint density at radius 3 is 2.81 bits per heavy atom. The molecule has 2 saturated heterocycles. The van der Waals surface area contributed by atoms with Gasteiger partial charge < -0.3 is 0 Å². The first-order chi connectivity index (χ1) is 12.7. The molecule has 4 nitrogen and oxygen atoms in total. The number of halogens is 1. The van der Waals surface area contributed by atoms with Crippen LogP contribution in [0.3, 0.4) is 0 Å². The van der Waals surface area contributed by atoms with Gasteiger partial charge in [0.2, 0.25) is 0 Å². The number of benzene rings is 2. The van der Waals surface area contributed by atoms with Gasteiger partial charge in [0.1, 0.15) is 11.3 Å². The van der Waals surface area contributed by atoms with Gasteiger partial charge in [-0.15, -0.1) is 0 Å². The Balaban J connectivity index is 1.59. The highest BCUT2D eigenvalue weighted by Gasteiger charge is 2.38. The van der Waals surface area contributed by atoms with Crippen molar-refractivity contribution in [1.82, 2.24) is 14.5 Å². The Labute approximate surface area is 154 Å². The van der Waals surface area contributed by atoms with Crippen LogP contribution >= 0.6 is 0 Å². The summed E-state index contributed by atoms with van der Waals surface area (Å²) in [6.07, 6.45) is 1.12. The molecule has 2 bridgehead atoms. The summed E-state index contributed by atoms with van der Waals surface area (Å²) >= 11 is 0. The van der Waals surface area contributed by atoms with Crippen molar-refractivity contribution >= 4 is 21.8 Å². The molecule has 2 fully saturated rings. The van der Waals surface area contributed by atoms with E-state index in [1.54, 1.807) is 6.07 Å². The molecular weight excluding hydrogens is 349 g/mol. The molecule has 3 atom stereocenters. The third-order valence-corrected chi connectivity index (χ3v) is 7.08. The molecule has 2 aromatic carbocycles. The lowest BCUT2D eigenvalue weighted by Crippen LogP contribution is -2.34. The Hall–Kier alpha value is -2.05. The van der Waals surface area contributed by atoms with Gasteiger partial charge in [-0.3, -0.25) is 13.7 Å². The van der Waals surface area contributed by atoms with Gasteiger partial charge in [-0.1, -0.05) is 24.3 Å². The van der Waals surface area contributed by atoms with Crippen molar-refractivity contribution in [3.8, 4) is 5.69 Å². The minimum Gasteiger partial charge on any atom is -0.295 e. The largest absolute Gasteiger partial charge is 0.295 e. The quantitative estimate of drug-likeness (QED) is 0.712. The summed E-state index contributed by atoms with van der Waals surface area (Å²) in [4.78, 5) is 7.04. The molecule has 2 aliphatic rings. The topological polar surface area (TPSA) is 38.1 Å². The maximum absolute atomic E-state index is 14.3. The fourth-order valence-corrected chi connectivity index (χ4v) is 6.07. The zero-order valence-electron chi connectivity index (χ0n) is 14.3. The average Bonchev–Trinajstić information content (AvgIpc) is 3.14. The number of likely N-dealkylation sites (tertiary alicyclic amines) is 1. The summed E-state index contributed by atoms with van der Waals surface area (Å²) in [5, 5.41) is 0. The van der Waals surface area contributed by atoms with Crippen LogP contribution in [-0.4, -0.2) is 42.8 Å². The van der Waals surface area contributed by atoms with E-state index >= 15 is 0 Å². The first kappa shape index (κ1) is 16.1. The van der Waals surface area contributed by atoms with Crippen LogP contribution in [0.15, 0.2) is 48.5 Å². The van der Waals surface area contributed by atoms with Crippen molar-refractivity contribution in [1.29, 1.82) is 0 Å². The molecular formula is C20H20FN3OS. The number of rotatable bonds is 3. The number of imidazole rings is 1. The maximum atomic E-state index is 14.3. The molecule has 0 N–H and O–H groups in total. The van der Waals surface area contributed by atoms with Crippen molar-refractivity contribution in [3.63, 3.8) is 0 Å². The van der Waals surface area contributed by atoms with Crippen molar-refractivity contribution in [3.05, 3.63) is 60.2 Å². The molecule has 0 radical (unpaired) electrons. The van der Waals surface area contributed by atoms with E-state index in [9.17, 15) is 8.60 Å². The number of nitrogens with zero attached hydrogens (tertiary/aromatic N) is 3. The van der Waals surface area contributed by atoms with E-state index in [0.717, 1.165) is 41.5 Å². The minimum atomic E-state index is -0.705. The molecule has 0 spiro atoms. The van der Waals surface area contributed by atoms with Gasteiger partial charge in [0.15, 0.2) is 5.82 Å². The van der Waals surface area contributed by atoms with Crippen LogP contribution in [-0.2, 0) is 17.3 Å². The van der Waals surface area contributed by atoms with Crippen LogP contribution < -0.4 is 0 Å². The molecule has 6 heteroatoms. The van der Waals surface area contributed by atoms with Crippen LogP contribution in [0, 0.1) is 11.7 Å². The summed E-state index contributed by atoms with van der Waals surface area (Å²) in [6.45, 7) is 1.61. The van der Waals surface area contributed by atoms with Crippen molar-refractivity contribution in [2.24, 2.45) is 5.92 Å². The lowest BCUT2D eigenvalue weighted by molar-refractivity contribution is 0.254. The summed E-state index contributed by atoms with van der Waals surface area (Å²) < 4.78 is 28.4. The first-order valence-electron chi connectivity index (χ1n) is 8.99. The molecule has 5 rings (SSSR count). The Kier molecular flexibility index (Phi) is 3.90. The second kappa shape index (κ2) is 6.28. The molecule has 2 aliphatic heterocycles. The SMILES string of the molecule is O=S1CC2CC(C1)N(Cc1nc3c(F)cccc3n1-c1ccccc1)C2. The van der Waals surface area contributed by atoms with Crippen molar-refractivity contribution in [2.75, 3.05) is 18.1 Å². The highest BCUT2D eigenvalue weighted by Crippen LogP contribution is 2.32. The van der Waals surface area contributed by atoms with Gasteiger partial charge >= 0.3 is 0 Å². The summed E-state index contributed by atoms with van der Waals surface area (Å²) in [5.41, 5.74) is 2.19. The third kappa shape index (κ3) is 2.68. The Morgan fingerprint density at radius 2 is 1.96 bits per heavy atom. The van der Waals surface area contributed by atoms with E-state index in [4.69, 9.17) is 0 Å². The van der Waals surface area contributed by atoms with E-state index in [1.165, 1.54) is 6.07 Å². The smallest absolute Gasteiger partial charge is 0.151 e. The molecule has 3 unspecified atom stereocenters. The lowest BCUT2D eigenvalue weighted by atomic mass is 10.1. The molecule has 3 heterocycles. The van der Waals surface area contributed by atoms with E-state index < -0.39 is 10.8 Å². The van der Waals surface area contributed by atoms with E-state index in [2.05, 4.69) is 14.5 Å². The fourth-order valence-electron chi connectivity index (χ4n) is 4.39. The van der Waals surface area contributed by atoms with Gasteiger partial charge in [0.25, 0.3) is 0 Å². The summed E-state index contributed by atoms with van der Waals surface area (Å²) in [7, 11) is -0.705. The lowest BCUT2D eigenvalue weighted by Gasteiger charge is -2.24. The number of hydrogen-bond donors (Lipinski definition) is 0. The summed E-state index contributed by atoms with van der Waals surface area (Å²) in [5.74, 6) is 2.63. The van der Waals surface area contributed by atoms with Crippen LogP contribution in [0.2, 0.25) is 0 Å². The van der Waals surface area contributed by atoms with Gasteiger partial charge in [0.05, 0.1) is 12.1 Å². The zero-order chi connectivity index (χ0) is 17.7. The second-order valence-corrected chi connectivity index (χ2v) is 8.81. The number of aromatic nitrogens is 2. The molecule has 1 aromatic heterocycles. The Morgan fingerprint density at radius 1 is 1.12 bits per heavy atom. The molecule has 3 aromatic rings. The van der Waals surface area contributed by atoms with Gasteiger partial charge in [-0.2, -0.15) is 0 Å². The minimum absolute atomic E-state index is 0.292. The summed E-state index contributed by atoms with van der Waals surface area (Å²) in [6, 6.07) is 15.4. The first-order valence-corrected chi connectivity index (χ1v) is 10.5. The van der Waals surface area contributed by atoms with Gasteiger partial charge in [-0.05, 0) is 36.6 Å². The van der Waals surface area contributed by atoms with Crippen molar-refractivity contribution in [2.45, 2.75) is 19.0 Å². The number of hydrogen-bond acceptors (Lipinski definition) is 3. The van der Waals surface area contributed by atoms with E-state index in [-0.39, 0.29) is 5.82 Å². The fraction of sp³-hybridized carbons (Fsp3) is 0.350. The van der Waals surface area contributed by atoms with Crippen LogP contribution in [0.1, 0.15) is 12.2 Å². The van der Waals surface area contributed by atoms with Crippen molar-refractivity contribution < 1.29 is 8.60 Å². The second-order valence-electron chi connectivity index (χ2n) is 7.26. The molecule has 0 amide bonds. The average molecular weight is 369 g/mol. The normalized spacial score (nSPS) is 25.8. The highest BCUT2D eigenvalue weighted by molar-refractivity contribution is 7.85. The van der Waals surface area contributed by atoms with Crippen LogP contribution in [0.4, 0.5) is 4.39 Å².